The van der Waals surface area contributed by atoms with Gasteiger partial charge in [0.1, 0.15) is 15.9 Å². The lowest BCUT2D eigenvalue weighted by atomic mass is 9.96. The molecule has 180 valence electrons. The molecule has 2 aromatic carbocycles. The molecule has 0 radical (unpaired) electrons. The standard InChI is InChI=1S/C24H29N5O3S2/c1-17-5-3-7-21(18(17)2)27-13-15-28(16-14-27)24(30)19-9-11-29(12-10-19)34(31,32)22-8-4-6-20-23(22)26-33-25-20/h3-8,19H,9-16H2,1-2H3. The van der Waals surface area contributed by atoms with E-state index in [0.717, 1.165) is 24.8 Å². The average molecular weight is 500 g/mol. The Morgan fingerprint density at radius 3 is 2.38 bits per heavy atom. The van der Waals surface area contributed by atoms with Crippen molar-refractivity contribution in [2.24, 2.45) is 5.92 Å². The van der Waals surface area contributed by atoms with Crippen molar-refractivity contribution in [3.8, 4) is 0 Å². The van der Waals surface area contributed by atoms with Crippen LogP contribution in [-0.4, -0.2) is 71.5 Å². The van der Waals surface area contributed by atoms with E-state index in [0.29, 0.717) is 50.1 Å². The quantitative estimate of drug-likeness (QED) is 0.548. The van der Waals surface area contributed by atoms with Gasteiger partial charge in [0.25, 0.3) is 0 Å². The molecule has 0 N–H and O–H groups in total. The number of piperidine rings is 1. The summed E-state index contributed by atoms with van der Waals surface area (Å²) in [5.41, 5.74) is 4.83. The van der Waals surface area contributed by atoms with Gasteiger partial charge in [-0.1, -0.05) is 18.2 Å². The fraction of sp³-hybridized carbons (Fsp3) is 0.458. The van der Waals surface area contributed by atoms with E-state index in [1.165, 1.54) is 21.1 Å². The number of hydrogen-bond donors (Lipinski definition) is 0. The van der Waals surface area contributed by atoms with E-state index in [9.17, 15) is 13.2 Å². The van der Waals surface area contributed by atoms with E-state index in [1.807, 2.05) is 4.90 Å². The zero-order valence-corrected chi connectivity index (χ0v) is 21.1. The molecule has 0 spiro atoms. The first-order valence-corrected chi connectivity index (χ1v) is 13.8. The monoisotopic (exact) mass is 499 g/mol. The van der Waals surface area contributed by atoms with Crippen molar-refractivity contribution in [2.45, 2.75) is 31.6 Å². The number of benzene rings is 2. The van der Waals surface area contributed by atoms with Gasteiger partial charge >= 0.3 is 0 Å². The molecule has 0 atom stereocenters. The van der Waals surface area contributed by atoms with Crippen LogP contribution >= 0.6 is 11.7 Å². The van der Waals surface area contributed by atoms with E-state index in [4.69, 9.17) is 0 Å². The summed E-state index contributed by atoms with van der Waals surface area (Å²) < 4.78 is 36.3. The molecule has 0 saturated carbocycles. The Bertz CT molecular complexity index is 1310. The molecule has 34 heavy (non-hydrogen) atoms. The number of anilines is 1. The zero-order chi connectivity index (χ0) is 23.9. The minimum Gasteiger partial charge on any atom is -0.368 e. The Balaban J connectivity index is 1.20. The van der Waals surface area contributed by atoms with E-state index >= 15 is 0 Å². The fourth-order valence-electron chi connectivity index (χ4n) is 4.98. The zero-order valence-electron chi connectivity index (χ0n) is 19.5. The van der Waals surface area contributed by atoms with Crippen molar-refractivity contribution in [1.29, 1.82) is 0 Å². The third kappa shape index (κ3) is 4.18. The Hall–Kier alpha value is -2.56. The van der Waals surface area contributed by atoms with Crippen LogP contribution in [0, 0.1) is 19.8 Å². The minimum atomic E-state index is -3.67. The summed E-state index contributed by atoms with van der Waals surface area (Å²) in [6.45, 7) is 7.98. The summed E-state index contributed by atoms with van der Waals surface area (Å²) in [6, 6.07) is 11.4. The summed E-state index contributed by atoms with van der Waals surface area (Å²) in [7, 11) is -3.67. The molecule has 0 aliphatic carbocycles. The average Bonchev–Trinajstić information content (AvgIpc) is 3.34. The molecule has 3 aromatic rings. The van der Waals surface area contributed by atoms with Crippen LogP contribution in [0.5, 0.6) is 0 Å². The molecule has 3 heterocycles. The topological polar surface area (TPSA) is 86.7 Å². The largest absolute Gasteiger partial charge is 0.368 e. The van der Waals surface area contributed by atoms with Gasteiger partial charge in [-0.2, -0.15) is 13.1 Å². The SMILES string of the molecule is Cc1cccc(N2CCN(C(=O)C3CCN(S(=O)(=O)c4cccc5nsnc45)CC3)CC2)c1C. The number of sulfonamides is 1. The number of fused-ring (bicyclic) bond motifs is 1. The van der Waals surface area contributed by atoms with Crippen LogP contribution in [-0.2, 0) is 14.8 Å². The van der Waals surface area contributed by atoms with Crippen LogP contribution in [0.2, 0.25) is 0 Å². The fourth-order valence-corrected chi connectivity index (χ4v) is 7.20. The normalized spacial score (nSPS) is 18.5. The summed E-state index contributed by atoms with van der Waals surface area (Å²) in [4.78, 5) is 17.7. The highest BCUT2D eigenvalue weighted by Crippen LogP contribution is 2.29. The van der Waals surface area contributed by atoms with Crippen LogP contribution in [0.4, 0.5) is 5.69 Å². The molecule has 2 aliphatic rings. The van der Waals surface area contributed by atoms with Crippen LogP contribution in [0.3, 0.4) is 0 Å². The lowest BCUT2D eigenvalue weighted by molar-refractivity contribution is -0.137. The van der Waals surface area contributed by atoms with Crippen molar-refractivity contribution in [1.82, 2.24) is 18.0 Å². The van der Waals surface area contributed by atoms with Crippen molar-refractivity contribution < 1.29 is 13.2 Å². The maximum absolute atomic E-state index is 13.3. The Kier molecular flexibility index (Phi) is 6.30. The highest BCUT2D eigenvalue weighted by Gasteiger charge is 2.35. The van der Waals surface area contributed by atoms with Gasteiger partial charge in [-0.25, -0.2) is 8.42 Å². The van der Waals surface area contributed by atoms with Gasteiger partial charge in [0.05, 0.1) is 11.7 Å². The molecule has 0 bridgehead atoms. The molecular formula is C24H29N5O3S2. The minimum absolute atomic E-state index is 0.129. The van der Waals surface area contributed by atoms with Crippen LogP contribution < -0.4 is 4.90 Å². The third-order valence-corrected chi connectivity index (χ3v) is 9.65. The van der Waals surface area contributed by atoms with E-state index < -0.39 is 10.0 Å². The number of aromatic nitrogens is 2. The van der Waals surface area contributed by atoms with Gasteiger partial charge in [-0.05, 0) is 56.0 Å². The molecule has 2 fully saturated rings. The Morgan fingerprint density at radius 2 is 1.65 bits per heavy atom. The van der Waals surface area contributed by atoms with Crippen molar-refractivity contribution in [3.05, 3.63) is 47.5 Å². The van der Waals surface area contributed by atoms with Gasteiger partial charge in [-0.3, -0.25) is 4.79 Å². The first-order chi connectivity index (χ1) is 16.4. The number of amides is 1. The second kappa shape index (κ2) is 9.24. The summed E-state index contributed by atoms with van der Waals surface area (Å²) in [5.74, 6) is 0.0268. The van der Waals surface area contributed by atoms with E-state index in [2.05, 4.69) is 45.7 Å². The van der Waals surface area contributed by atoms with E-state index in [-0.39, 0.29) is 16.7 Å². The van der Waals surface area contributed by atoms with Gasteiger partial charge in [0.2, 0.25) is 15.9 Å². The third-order valence-electron chi connectivity index (χ3n) is 7.18. The molecule has 1 aromatic heterocycles. The summed E-state index contributed by atoms with van der Waals surface area (Å²) in [6.07, 6.45) is 1.08. The van der Waals surface area contributed by atoms with Gasteiger partial charge < -0.3 is 9.80 Å². The molecule has 2 aliphatic heterocycles. The Morgan fingerprint density at radius 1 is 0.941 bits per heavy atom. The number of piperazine rings is 1. The van der Waals surface area contributed by atoms with Gasteiger partial charge in [0.15, 0.2) is 0 Å². The molecule has 1 amide bonds. The lowest BCUT2D eigenvalue weighted by Crippen LogP contribution is -2.52. The van der Waals surface area contributed by atoms with Crippen LogP contribution in [0.25, 0.3) is 11.0 Å². The van der Waals surface area contributed by atoms with Crippen molar-refractivity contribution >= 4 is 44.4 Å². The molecule has 0 unspecified atom stereocenters. The summed E-state index contributed by atoms with van der Waals surface area (Å²) in [5, 5.41) is 0. The number of hydrogen-bond acceptors (Lipinski definition) is 7. The van der Waals surface area contributed by atoms with Crippen molar-refractivity contribution in [3.63, 3.8) is 0 Å². The predicted octanol–water partition coefficient (Wildman–Crippen LogP) is 3.06. The first kappa shape index (κ1) is 23.2. The smallest absolute Gasteiger partial charge is 0.245 e. The van der Waals surface area contributed by atoms with Gasteiger partial charge in [-0.15, -0.1) is 0 Å². The second-order valence-corrected chi connectivity index (χ2v) is 11.5. The van der Waals surface area contributed by atoms with Crippen molar-refractivity contribution in [2.75, 3.05) is 44.2 Å². The molecule has 2 saturated heterocycles. The maximum atomic E-state index is 13.3. The summed E-state index contributed by atoms with van der Waals surface area (Å²) >= 11 is 1.01. The number of carbonyl (C=O) groups excluding carboxylic acids is 1. The number of rotatable bonds is 4. The second-order valence-electron chi connectivity index (χ2n) is 9.10. The first-order valence-electron chi connectivity index (χ1n) is 11.7. The molecule has 5 rings (SSSR count). The van der Waals surface area contributed by atoms with Crippen LogP contribution in [0.15, 0.2) is 41.3 Å². The highest BCUT2D eigenvalue weighted by atomic mass is 32.2. The lowest BCUT2D eigenvalue weighted by Gasteiger charge is -2.39. The number of carbonyl (C=O) groups is 1. The highest BCUT2D eigenvalue weighted by molar-refractivity contribution is 7.89. The Labute approximate surface area is 204 Å². The molecule has 8 nitrogen and oxygen atoms in total. The maximum Gasteiger partial charge on any atom is 0.245 e. The van der Waals surface area contributed by atoms with Crippen LogP contribution in [0.1, 0.15) is 24.0 Å². The number of aryl methyl sites for hydroxylation is 1. The molecule has 10 heteroatoms. The molecular weight excluding hydrogens is 470 g/mol. The number of nitrogens with zero attached hydrogens (tertiary/aromatic N) is 5. The van der Waals surface area contributed by atoms with E-state index in [1.54, 1.807) is 18.2 Å². The predicted molar refractivity (Wildman–Crippen MR) is 134 cm³/mol. The van der Waals surface area contributed by atoms with Gasteiger partial charge in [0, 0.05) is 50.9 Å².